The third kappa shape index (κ3) is 3.09. The van der Waals surface area contributed by atoms with Gasteiger partial charge in [-0.1, -0.05) is 24.3 Å². The number of esters is 1. The number of nitrogens with zero attached hydrogens (tertiary/aromatic N) is 1. The number of carbonyl (C=O) groups excluding carboxylic acids is 1. The maximum Gasteiger partial charge on any atom is 0.307 e. The summed E-state index contributed by atoms with van der Waals surface area (Å²) in [6.07, 6.45) is 0.120. The van der Waals surface area contributed by atoms with E-state index in [-0.39, 0.29) is 12.4 Å². The molecule has 0 aliphatic carbocycles. The number of nitriles is 1. The number of ether oxygens (including phenoxy) is 1. The first-order valence-corrected chi connectivity index (χ1v) is 5.29. The van der Waals surface area contributed by atoms with Gasteiger partial charge in [-0.25, -0.2) is 0 Å². The van der Waals surface area contributed by atoms with Crippen LogP contribution in [0.1, 0.15) is 30.4 Å². The first-order valence-electron chi connectivity index (χ1n) is 5.29. The molecule has 16 heavy (non-hydrogen) atoms. The summed E-state index contributed by atoms with van der Waals surface area (Å²) in [5.41, 5.74) is 1.93. The van der Waals surface area contributed by atoms with Crippen LogP contribution in [0.25, 0.3) is 0 Å². The van der Waals surface area contributed by atoms with Crippen LogP contribution < -0.4 is 0 Å². The molecule has 84 valence electrons. The second kappa shape index (κ2) is 5.92. The molecule has 0 heterocycles. The molecule has 0 aliphatic rings. The molecule has 1 aromatic rings. The van der Waals surface area contributed by atoms with Crippen LogP contribution in [-0.4, -0.2) is 12.6 Å². The third-order valence-electron chi connectivity index (χ3n) is 2.40. The van der Waals surface area contributed by atoms with Crippen LogP contribution in [0.2, 0.25) is 0 Å². The van der Waals surface area contributed by atoms with E-state index in [1.54, 1.807) is 6.92 Å². The second-order valence-corrected chi connectivity index (χ2v) is 3.55. The van der Waals surface area contributed by atoms with E-state index in [9.17, 15) is 4.79 Å². The van der Waals surface area contributed by atoms with Crippen molar-refractivity contribution in [2.75, 3.05) is 6.61 Å². The van der Waals surface area contributed by atoms with Crippen molar-refractivity contribution in [2.45, 2.75) is 26.2 Å². The van der Waals surface area contributed by atoms with Gasteiger partial charge in [-0.2, -0.15) is 5.26 Å². The van der Waals surface area contributed by atoms with Crippen molar-refractivity contribution in [3.8, 4) is 6.07 Å². The lowest BCUT2D eigenvalue weighted by Crippen LogP contribution is -2.10. The Bertz CT molecular complexity index is 407. The average molecular weight is 217 g/mol. The molecule has 0 bridgehead atoms. The van der Waals surface area contributed by atoms with Crippen LogP contribution in [-0.2, 0) is 9.53 Å². The minimum Gasteiger partial charge on any atom is -0.466 e. The molecule has 0 spiro atoms. The van der Waals surface area contributed by atoms with E-state index in [0.29, 0.717) is 6.61 Å². The Labute approximate surface area is 95.7 Å². The van der Waals surface area contributed by atoms with E-state index in [4.69, 9.17) is 10.00 Å². The van der Waals surface area contributed by atoms with E-state index < -0.39 is 5.92 Å². The van der Waals surface area contributed by atoms with Gasteiger partial charge in [0.05, 0.1) is 25.0 Å². The summed E-state index contributed by atoms with van der Waals surface area (Å²) in [7, 11) is 0. The van der Waals surface area contributed by atoms with Crippen molar-refractivity contribution in [1.29, 1.82) is 5.26 Å². The highest BCUT2D eigenvalue weighted by molar-refractivity contribution is 5.71. The number of aryl methyl sites for hydroxylation is 1. The van der Waals surface area contributed by atoms with Crippen LogP contribution in [0.4, 0.5) is 0 Å². The fraction of sp³-hybridized carbons (Fsp3) is 0.385. The molecule has 0 N–H and O–H groups in total. The smallest absolute Gasteiger partial charge is 0.307 e. The fourth-order valence-corrected chi connectivity index (χ4v) is 1.59. The van der Waals surface area contributed by atoms with Crippen LogP contribution in [0, 0.1) is 18.3 Å². The molecule has 0 aliphatic heterocycles. The Morgan fingerprint density at radius 3 is 2.75 bits per heavy atom. The van der Waals surface area contributed by atoms with Gasteiger partial charge in [0.1, 0.15) is 0 Å². The van der Waals surface area contributed by atoms with E-state index in [1.807, 2.05) is 31.2 Å². The zero-order chi connectivity index (χ0) is 12.0. The molecule has 0 amide bonds. The maximum absolute atomic E-state index is 11.3. The lowest BCUT2D eigenvalue weighted by atomic mass is 9.93. The molecule has 0 aromatic heterocycles. The largest absolute Gasteiger partial charge is 0.466 e. The topological polar surface area (TPSA) is 50.1 Å². The van der Waals surface area contributed by atoms with Crippen LogP contribution >= 0.6 is 0 Å². The van der Waals surface area contributed by atoms with Gasteiger partial charge in [-0.05, 0) is 25.0 Å². The third-order valence-corrected chi connectivity index (χ3v) is 2.40. The van der Waals surface area contributed by atoms with Crippen molar-refractivity contribution < 1.29 is 9.53 Å². The van der Waals surface area contributed by atoms with Crippen LogP contribution in [0.5, 0.6) is 0 Å². The molecule has 1 rings (SSSR count). The maximum atomic E-state index is 11.3. The summed E-state index contributed by atoms with van der Waals surface area (Å²) in [5.74, 6) is -0.738. The molecule has 3 heteroatoms. The molecule has 0 fully saturated rings. The molecule has 0 saturated carbocycles. The van der Waals surface area contributed by atoms with Crippen LogP contribution in [0.3, 0.4) is 0 Å². The Morgan fingerprint density at radius 2 is 2.19 bits per heavy atom. The van der Waals surface area contributed by atoms with Crippen molar-refractivity contribution >= 4 is 5.97 Å². The SMILES string of the molecule is CCOC(=O)C[C@H](C#N)c1ccccc1C. The predicted molar refractivity (Wildman–Crippen MR) is 60.8 cm³/mol. The predicted octanol–water partition coefficient (Wildman–Crippen LogP) is 2.56. The summed E-state index contributed by atoms with van der Waals surface area (Å²) >= 11 is 0. The Kier molecular flexibility index (Phi) is 4.53. The highest BCUT2D eigenvalue weighted by Gasteiger charge is 2.17. The molecule has 1 atom stereocenters. The lowest BCUT2D eigenvalue weighted by molar-refractivity contribution is -0.143. The van der Waals surface area contributed by atoms with Gasteiger partial charge in [-0.15, -0.1) is 0 Å². The van der Waals surface area contributed by atoms with Gasteiger partial charge in [0.25, 0.3) is 0 Å². The standard InChI is InChI=1S/C13H15NO2/c1-3-16-13(15)8-11(9-14)12-7-5-4-6-10(12)2/h4-7,11H,3,8H2,1-2H3/t11-/m1/s1. The summed E-state index contributed by atoms with van der Waals surface area (Å²) in [6, 6.07) is 9.75. The molecular weight excluding hydrogens is 202 g/mol. The quantitative estimate of drug-likeness (QED) is 0.728. The van der Waals surface area contributed by atoms with Crippen molar-refractivity contribution in [3.05, 3.63) is 35.4 Å². The minimum atomic E-state index is -0.416. The van der Waals surface area contributed by atoms with Gasteiger partial charge in [0, 0.05) is 0 Å². The highest BCUT2D eigenvalue weighted by Crippen LogP contribution is 2.22. The normalized spacial score (nSPS) is 11.6. The van der Waals surface area contributed by atoms with E-state index in [1.165, 1.54) is 0 Å². The zero-order valence-electron chi connectivity index (χ0n) is 9.56. The Balaban J connectivity index is 2.80. The number of hydrogen-bond acceptors (Lipinski definition) is 3. The number of rotatable bonds is 4. The summed E-state index contributed by atoms with van der Waals surface area (Å²) in [5, 5.41) is 9.06. The molecule has 0 radical (unpaired) electrons. The first kappa shape index (κ1) is 12.3. The molecule has 3 nitrogen and oxygen atoms in total. The Hall–Kier alpha value is -1.82. The first-order chi connectivity index (χ1) is 7.69. The van der Waals surface area contributed by atoms with Gasteiger partial charge < -0.3 is 4.74 Å². The molecule has 1 aromatic carbocycles. The summed E-state index contributed by atoms with van der Waals surface area (Å²) in [4.78, 5) is 11.3. The highest BCUT2D eigenvalue weighted by atomic mass is 16.5. The fourth-order valence-electron chi connectivity index (χ4n) is 1.59. The van der Waals surface area contributed by atoms with Gasteiger partial charge >= 0.3 is 5.97 Å². The van der Waals surface area contributed by atoms with E-state index >= 15 is 0 Å². The number of benzene rings is 1. The Morgan fingerprint density at radius 1 is 1.50 bits per heavy atom. The minimum absolute atomic E-state index is 0.120. The van der Waals surface area contributed by atoms with Gasteiger partial charge in [0.2, 0.25) is 0 Å². The van der Waals surface area contributed by atoms with Crippen molar-refractivity contribution in [1.82, 2.24) is 0 Å². The second-order valence-electron chi connectivity index (χ2n) is 3.55. The van der Waals surface area contributed by atoms with Crippen LogP contribution in [0.15, 0.2) is 24.3 Å². The molecular formula is C13H15NO2. The lowest BCUT2D eigenvalue weighted by Gasteiger charge is -2.11. The summed E-state index contributed by atoms with van der Waals surface area (Å²) < 4.78 is 4.85. The van der Waals surface area contributed by atoms with Crippen molar-refractivity contribution in [2.24, 2.45) is 0 Å². The monoisotopic (exact) mass is 217 g/mol. The summed E-state index contributed by atoms with van der Waals surface area (Å²) in [6.45, 7) is 4.04. The van der Waals surface area contributed by atoms with E-state index in [2.05, 4.69) is 6.07 Å². The van der Waals surface area contributed by atoms with Gasteiger partial charge in [-0.3, -0.25) is 4.79 Å². The number of carbonyl (C=O) groups is 1. The average Bonchev–Trinajstić information content (AvgIpc) is 2.27. The molecule has 0 saturated heterocycles. The molecule has 0 unspecified atom stereocenters. The zero-order valence-corrected chi connectivity index (χ0v) is 9.56. The van der Waals surface area contributed by atoms with Gasteiger partial charge in [0.15, 0.2) is 0 Å². The van der Waals surface area contributed by atoms with Crippen molar-refractivity contribution in [3.63, 3.8) is 0 Å². The van der Waals surface area contributed by atoms with E-state index in [0.717, 1.165) is 11.1 Å². The number of hydrogen-bond donors (Lipinski definition) is 0.